The molecular formula is C7H11O2. The summed E-state index contributed by atoms with van der Waals surface area (Å²) in [6.07, 6.45) is 6.45. The van der Waals surface area contributed by atoms with E-state index in [1.807, 2.05) is 0 Å². The first-order valence-electron chi connectivity index (χ1n) is 3.57. The Morgan fingerprint density at radius 3 is 3.22 bits per heavy atom. The molecule has 1 saturated heterocycles. The Kier molecular flexibility index (Phi) is 1.44. The molecule has 1 radical (unpaired) electrons. The van der Waals surface area contributed by atoms with Crippen LogP contribution in [-0.4, -0.2) is 12.9 Å². The fourth-order valence-electron chi connectivity index (χ4n) is 1.48. The first-order chi connectivity index (χ1) is 4.47. The van der Waals surface area contributed by atoms with Crippen LogP contribution in [0.15, 0.2) is 0 Å². The molecule has 1 aliphatic carbocycles. The summed E-state index contributed by atoms with van der Waals surface area (Å²) in [7, 11) is 0. The smallest absolute Gasteiger partial charge is 0.148 e. The number of ether oxygens (including phenoxy) is 2. The fraction of sp³-hybridized carbons (Fsp3) is 0.857. The quantitative estimate of drug-likeness (QED) is 0.490. The lowest BCUT2D eigenvalue weighted by atomic mass is 9.95. The second-order valence-corrected chi connectivity index (χ2v) is 2.63. The van der Waals surface area contributed by atoms with E-state index in [1.165, 1.54) is 25.4 Å². The Labute approximate surface area is 55.1 Å². The second kappa shape index (κ2) is 2.27. The largest absolute Gasteiger partial charge is 0.349 e. The van der Waals surface area contributed by atoms with Crippen LogP contribution in [0.3, 0.4) is 0 Å². The van der Waals surface area contributed by atoms with Gasteiger partial charge in [0.15, 0.2) is 0 Å². The second-order valence-electron chi connectivity index (χ2n) is 2.63. The van der Waals surface area contributed by atoms with Gasteiger partial charge in [-0.25, -0.2) is 0 Å². The average molecular weight is 127 g/mol. The van der Waals surface area contributed by atoms with Crippen LogP contribution < -0.4 is 0 Å². The highest BCUT2D eigenvalue weighted by Gasteiger charge is 2.32. The van der Waals surface area contributed by atoms with Crippen molar-refractivity contribution in [2.75, 3.05) is 6.79 Å². The summed E-state index contributed by atoms with van der Waals surface area (Å²) in [6, 6.07) is 0. The fourth-order valence-corrected chi connectivity index (χ4v) is 1.48. The molecule has 0 amide bonds. The molecule has 2 rings (SSSR count). The Morgan fingerprint density at radius 1 is 1.33 bits per heavy atom. The first-order valence-corrected chi connectivity index (χ1v) is 3.57. The van der Waals surface area contributed by atoms with Crippen molar-refractivity contribution in [3.63, 3.8) is 0 Å². The van der Waals surface area contributed by atoms with Crippen molar-refractivity contribution in [2.45, 2.75) is 31.8 Å². The molecule has 2 heteroatoms. The molecule has 1 saturated carbocycles. The summed E-state index contributed by atoms with van der Waals surface area (Å²) in [6.45, 7) is 0.500. The van der Waals surface area contributed by atoms with Gasteiger partial charge in [0.05, 0.1) is 6.10 Å². The van der Waals surface area contributed by atoms with Gasteiger partial charge in [-0.15, -0.1) is 0 Å². The van der Waals surface area contributed by atoms with E-state index in [0.29, 0.717) is 12.9 Å². The van der Waals surface area contributed by atoms with E-state index in [0.717, 1.165) is 6.42 Å². The molecule has 0 aromatic heterocycles. The number of fused-ring (bicyclic) bond motifs is 1. The lowest BCUT2D eigenvalue weighted by Crippen LogP contribution is -2.18. The Morgan fingerprint density at radius 2 is 2.33 bits per heavy atom. The van der Waals surface area contributed by atoms with Gasteiger partial charge in [0.25, 0.3) is 0 Å². The van der Waals surface area contributed by atoms with Gasteiger partial charge >= 0.3 is 0 Å². The van der Waals surface area contributed by atoms with Crippen LogP contribution in [0.5, 0.6) is 0 Å². The van der Waals surface area contributed by atoms with Crippen LogP contribution in [0, 0.1) is 6.10 Å². The van der Waals surface area contributed by atoms with E-state index in [9.17, 15) is 0 Å². The van der Waals surface area contributed by atoms with Crippen LogP contribution in [0.25, 0.3) is 0 Å². The molecule has 51 valence electrons. The van der Waals surface area contributed by atoms with Crippen molar-refractivity contribution in [2.24, 2.45) is 0 Å². The predicted octanol–water partition coefficient (Wildman–Crippen LogP) is 1.47. The summed E-state index contributed by atoms with van der Waals surface area (Å²) in [5.41, 5.74) is 0. The zero-order valence-electron chi connectivity index (χ0n) is 5.43. The molecule has 0 bridgehead atoms. The van der Waals surface area contributed by atoms with Crippen molar-refractivity contribution in [1.82, 2.24) is 0 Å². The van der Waals surface area contributed by atoms with Crippen molar-refractivity contribution < 1.29 is 9.47 Å². The SMILES string of the molecule is C1CCC2OCO[C]2C1. The third-order valence-corrected chi connectivity index (χ3v) is 2.01. The normalized spacial score (nSPS) is 36.7. The summed E-state index contributed by atoms with van der Waals surface area (Å²) in [5.74, 6) is 0. The Bertz CT molecular complexity index is 91.1. The standard InChI is InChI=1S/C7H11O2/c1-2-4-7-6(3-1)8-5-9-7/h6H,1-5H2. The van der Waals surface area contributed by atoms with E-state index in [1.54, 1.807) is 0 Å². The van der Waals surface area contributed by atoms with Gasteiger partial charge in [-0.1, -0.05) is 12.8 Å². The van der Waals surface area contributed by atoms with Gasteiger partial charge in [0.2, 0.25) is 0 Å². The van der Waals surface area contributed by atoms with Gasteiger partial charge in [-0.05, 0) is 12.8 Å². The third-order valence-electron chi connectivity index (χ3n) is 2.01. The van der Waals surface area contributed by atoms with Crippen molar-refractivity contribution in [3.05, 3.63) is 6.10 Å². The summed E-state index contributed by atoms with van der Waals surface area (Å²) in [5, 5.41) is 0. The molecule has 0 aromatic carbocycles. The molecule has 0 N–H and O–H groups in total. The van der Waals surface area contributed by atoms with E-state index in [-0.39, 0.29) is 0 Å². The minimum Gasteiger partial charge on any atom is -0.349 e. The number of hydrogen-bond acceptors (Lipinski definition) is 2. The third kappa shape index (κ3) is 0.970. The number of rotatable bonds is 0. The molecule has 1 heterocycles. The Balaban J connectivity index is 1.97. The lowest BCUT2D eigenvalue weighted by Gasteiger charge is -2.20. The maximum atomic E-state index is 5.30. The lowest BCUT2D eigenvalue weighted by molar-refractivity contribution is 0.0462. The van der Waals surface area contributed by atoms with Gasteiger partial charge in [0.1, 0.15) is 12.9 Å². The molecule has 0 spiro atoms. The van der Waals surface area contributed by atoms with E-state index in [2.05, 4.69) is 0 Å². The van der Waals surface area contributed by atoms with Gasteiger partial charge in [-0.3, -0.25) is 0 Å². The van der Waals surface area contributed by atoms with E-state index < -0.39 is 0 Å². The molecule has 1 atom stereocenters. The monoisotopic (exact) mass is 127 g/mol. The highest BCUT2D eigenvalue weighted by atomic mass is 16.7. The van der Waals surface area contributed by atoms with Crippen molar-refractivity contribution in [3.8, 4) is 0 Å². The maximum absolute atomic E-state index is 5.30. The number of hydrogen-bond donors (Lipinski definition) is 0. The van der Waals surface area contributed by atoms with Crippen LogP contribution in [0.4, 0.5) is 0 Å². The topological polar surface area (TPSA) is 18.5 Å². The van der Waals surface area contributed by atoms with E-state index >= 15 is 0 Å². The molecule has 9 heavy (non-hydrogen) atoms. The average Bonchev–Trinajstić information content (AvgIpc) is 2.33. The van der Waals surface area contributed by atoms with E-state index in [4.69, 9.17) is 9.47 Å². The molecule has 2 aliphatic rings. The molecule has 2 nitrogen and oxygen atoms in total. The molecule has 0 aromatic rings. The minimum absolute atomic E-state index is 0.360. The molecule has 1 unspecified atom stereocenters. The van der Waals surface area contributed by atoms with Crippen LogP contribution in [0.1, 0.15) is 25.7 Å². The summed E-state index contributed by atoms with van der Waals surface area (Å²) in [4.78, 5) is 0. The highest BCUT2D eigenvalue weighted by Crippen LogP contribution is 2.33. The van der Waals surface area contributed by atoms with Crippen molar-refractivity contribution in [1.29, 1.82) is 0 Å². The van der Waals surface area contributed by atoms with Gasteiger partial charge < -0.3 is 9.47 Å². The Hall–Kier alpha value is -0.0800. The zero-order valence-corrected chi connectivity index (χ0v) is 5.43. The summed E-state index contributed by atoms with van der Waals surface area (Å²) < 4.78 is 10.5. The van der Waals surface area contributed by atoms with Gasteiger partial charge in [-0.2, -0.15) is 0 Å². The molecular weight excluding hydrogens is 116 g/mol. The van der Waals surface area contributed by atoms with Crippen molar-refractivity contribution >= 4 is 0 Å². The zero-order chi connectivity index (χ0) is 6.10. The highest BCUT2D eigenvalue weighted by molar-refractivity contribution is 4.94. The van der Waals surface area contributed by atoms with Crippen LogP contribution in [-0.2, 0) is 9.47 Å². The maximum Gasteiger partial charge on any atom is 0.148 e. The van der Waals surface area contributed by atoms with Gasteiger partial charge in [0, 0.05) is 0 Å². The summed E-state index contributed by atoms with van der Waals surface area (Å²) >= 11 is 0. The predicted molar refractivity (Wildman–Crippen MR) is 32.5 cm³/mol. The van der Waals surface area contributed by atoms with Crippen LogP contribution >= 0.6 is 0 Å². The minimum atomic E-state index is 0.360. The molecule has 2 fully saturated rings. The van der Waals surface area contributed by atoms with Crippen LogP contribution in [0.2, 0.25) is 0 Å². The first kappa shape index (κ1) is 5.69. The molecule has 1 aliphatic heterocycles.